The Labute approximate surface area is 134 Å². The number of nitrogens with zero attached hydrogens (tertiary/aromatic N) is 3. The van der Waals surface area contributed by atoms with Crippen LogP contribution in [0.15, 0.2) is 6.20 Å². The van der Waals surface area contributed by atoms with E-state index in [1.54, 1.807) is 11.3 Å². The molecule has 4 rings (SSSR count). The highest BCUT2D eigenvalue weighted by Crippen LogP contribution is 2.37. The largest absolute Gasteiger partial charge is 0.357 e. The molecule has 20 heavy (non-hydrogen) atoms. The van der Waals surface area contributed by atoms with E-state index in [1.165, 1.54) is 0 Å². The molecule has 2 aromatic heterocycles. The molecule has 0 atom stereocenters. The van der Waals surface area contributed by atoms with Gasteiger partial charge in [0.1, 0.15) is 3.70 Å². The highest BCUT2D eigenvalue weighted by molar-refractivity contribution is 14.1. The predicted octanol–water partition coefficient (Wildman–Crippen LogP) is 2.49. The van der Waals surface area contributed by atoms with Crippen LogP contribution in [0.2, 0.25) is 0 Å². The summed E-state index contributed by atoms with van der Waals surface area (Å²) in [6.07, 6.45) is 5.87. The van der Waals surface area contributed by atoms with Gasteiger partial charge < -0.3 is 14.8 Å². The van der Waals surface area contributed by atoms with Gasteiger partial charge in [-0.2, -0.15) is 4.52 Å². The minimum absolute atomic E-state index is 0.287. The van der Waals surface area contributed by atoms with Gasteiger partial charge in [-0.15, -0.1) is 5.10 Å². The summed E-state index contributed by atoms with van der Waals surface area (Å²) >= 11 is 3.84. The SMILES string of the molecule is Ic1cnc2sc(NC3CCC4(CC3)OCCO4)nn12. The number of imidazole rings is 1. The van der Waals surface area contributed by atoms with Crippen LogP contribution in [0.5, 0.6) is 0 Å². The molecule has 0 bridgehead atoms. The van der Waals surface area contributed by atoms with E-state index in [1.807, 2.05) is 10.7 Å². The van der Waals surface area contributed by atoms with Gasteiger partial charge in [0.2, 0.25) is 10.1 Å². The molecule has 0 unspecified atom stereocenters. The summed E-state index contributed by atoms with van der Waals surface area (Å²) in [4.78, 5) is 5.26. The topological polar surface area (TPSA) is 60.7 Å². The lowest BCUT2D eigenvalue weighted by Gasteiger charge is -2.35. The van der Waals surface area contributed by atoms with Crippen molar-refractivity contribution in [1.29, 1.82) is 0 Å². The lowest BCUT2D eigenvalue weighted by molar-refractivity contribution is -0.177. The Morgan fingerprint density at radius 1 is 1.35 bits per heavy atom. The van der Waals surface area contributed by atoms with Crippen molar-refractivity contribution in [3.8, 4) is 0 Å². The molecule has 1 spiro atoms. The second-order valence-electron chi connectivity index (χ2n) is 5.21. The standard InChI is InChI=1S/C12H15IN4O2S/c13-9-7-14-11-17(9)16-10(20-11)15-8-1-3-12(4-2-8)18-5-6-19-12/h7-8H,1-6H2,(H,15,16). The lowest BCUT2D eigenvalue weighted by atomic mass is 9.90. The third-order valence-corrected chi connectivity index (χ3v) is 5.52. The highest BCUT2D eigenvalue weighted by atomic mass is 127. The van der Waals surface area contributed by atoms with Crippen LogP contribution in [0.3, 0.4) is 0 Å². The Hall–Kier alpha value is -0.450. The van der Waals surface area contributed by atoms with Gasteiger partial charge in [-0.05, 0) is 35.4 Å². The average Bonchev–Trinajstić information content (AvgIpc) is 3.13. The molecule has 0 radical (unpaired) electrons. The van der Waals surface area contributed by atoms with Crippen molar-refractivity contribution in [3.05, 3.63) is 9.90 Å². The minimum Gasteiger partial charge on any atom is -0.357 e. The van der Waals surface area contributed by atoms with Gasteiger partial charge in [0, 0.05) is 18.9 Å². The molecular weight excluding hydrogens is 391 g/mol. The Morgan fingerprint density at radius 2 is 2.10 bits per heavy atom. The normalized spacial score (nSPS) is 22.9. The number of anilines is 1. The van der Waals surface area contributed by atoms with Gasteiger partial charge >= 0.3 is 0 Å². The Balaban J connectivity index is 1.42. The maximum Gasteiger partial charge on any atom is 0.214 e. The number of aromatic nitrogens is 3. The van der Waals surface area contributed by atoms with E-state index in [4.69, 9.17) is 9.47 Å². The molecule has 2 aromatic rings. The summed E-state index contributed by atoms with van der Waals surface area (Å²) in [6.45, 7) is 1.47. The van der Waals surface area contributed by atoms with Crippen LogP contribution in [0.1, 0.15) is 25.7 Å². The van der Waals surface area contributed by atoms with Crippen LogP contribution in [0.25, 0.3) is 4.96 Å². The van der Waals surface area contributed by atoms with Crippen molar-refractivity contribution < 1.29 is 9.47 Å². The molecule has 2 fully saturated rings. The molecule has 108 valence electrons. The van der Waals surface area contributed by atoms with Crippen molar-refractivity contribution in [1.82, 2.24) is 14.6 Å². The van der Waals surface area contributed by atoms with Crippen LogP contribution in [-0.4, -0.2) is 39.6 Å². The van der Waals surface area contributed by atoms with E-state index in [0.717, 1.165) is 52.7 Å². The summed E-state index contributed by atoms with van der Waals surface area (Å²) in [7, 11) is 0. The Kier molecular flexibility index (Phi) is 3.36. The zero-order valence-corrected chi connectivity index (χ0v) is 13.8. The quantitative estimate of drug-likeness (QED) is 0.777. The third-order valence-electron chi connectivity index (χ3n) is 3.93. The fraction of sp³-hybridized carbons (Fsp3) is 0.667. The molecule has 8 heteroatoms. The molecular formula is C12H15IN4O2S. The van der Waals surface area contributed by atoms with E-state index >= 15 is 0 Å². The first-order valence-corrected chi connectivity index (χ1v) is 8.68. The molecule has 2 aliphatic rings. The van der Waals surface area contributed by atoms with Crippen molar-refractivity contribution in [2.24, 2.45) is 0 Å². The van der Waals surface area contributed by atoms with Crippen molar-refractivity contribution in [2.75, 3.05) is 18.5 Å². The smallest absolute Gasteiger partial charge is 0.214 e. The van der Waals surface area contributed by atoms with Crippen LogP contribution in [0.4, 0.5) is 5.13 Å². The maximum atomic E-state index is 5.75. The minimum atomic E-state index is -0.287. The summed E-state index contributed by atoms with van der Waals surface area (Å²) in [6, 6.07) is 0.446. The number of halogens is 1. The van der Waals surface area contributed by atoms with Gasteiger partial charge in [-0.1, -0.05) is 11.3 Å². The van der Waals surface area contributed by atoms with Gasteiger partial charge in [0.15, 0.2) is 5.79 Å². The molecule has 1 saturated heterocycles. The van der Waals surface area contributed by atoms with Crippen LogP contribution in [-0.2, 0) is 9.47 Å². The van der Waals surface area contributed by atoms with Crippen molar-refractivity contribution >= 4 is 44.0 Å². The number of hydrogen-bond acceptors (Lipinski definition) is 6. The summed E-state index contributed by atoms with van der Waals surface area (Å²) in [5.74, 6) is -0.287. The molecule has 0 amide bonds. The monoisotopic (exact) mass is 406 g/mol. The number of hydrogen-bond donors (Lipinski definition) is 1. The van der Waals surface area contributed by atoms with Crippen molar-refractivity contribution in [2.45, 2.75) is 37.5 Å². The van der Waals surface area contributed by atoms with E-state index < -0.39 is 0 Å². The van der Waals surface area contributed by atoms with Gasteiger partial charge in [-0.3, -0.25) is 0 Å². The number of nitrogens with one attached hydrogen (secondary N) is 1. The summed E-state index contributed by atoms with van der Waals surface area (Å²) in [5, 5.41) is 9.01. The summed E-state index contributed by atoms with van der Waals surface area (Å²) in [5.41, 5.74) is 0. The second-order valence-corrected chi connectivity index (χ2v) is 7.27. The number of ether oxygens (including phenoxy) is 2. The van der Waals surface area contributed by atoms with Crippen molar-refractivity contribution in [3.63, 3.8) is 0 Å². The van der Waals surface area contributed by atoms with E-state index in [2.05, 4.69) is 38.0 Å². The van der Waals surface area contributed by atoms with Gasteiger partial charge in [0.05, 0.1) is 19.4 Å². The maximum absolute atomic E-state index is 5.75. The first kappa shape index (κ1) is 13.2. The fourth-order valence-corrected chi connectivity index (χ4v) is 4.38. The molecule has 6 nitrogen and oxygen atoms in total. The van der Waals surface area contributed by atoms with Crippen LogP contribution >= 0.6 is 33.9 Å². The van der Waals surface area contributed by atoms with Crippen LogP contribution < -0.4 is 5.32 Å². The van der Waals surface area contributed by atoms with E-state index in [9.17, 15) is 0 Å². The summed E-state index contributed by atoms with van der Waals surface area (Å²) < 4.78 is 14.4. The first-order chi connectivity index (χ1) is 9.74. The highest BCUT2D eigenvalue weighted by Gasteiger charge is 2.40. The van der Waals surface area contributed by atoms with E-state index in [-0.39, 0.29) is 5.79 Å². The number of rotatable bonds is 2. The predicted molar refractivity (Wildman–Crippen MR) is 84.1 cm³/mol. The number of fused-ring (bicyclic) bond motifs is 1. The van der Waals surface area contributed by atoms with E-state index in [0.29, 0.717) is 6.04 Å². The van der Waals surface area contributed by atoms with Gasteiger partial charge in [-0.25, -0.2) is 4.98 Å². The van der Waals surface area contributed by atoms with Gasteiger partial charge in [0.25, 0.3) is 0 Å². The Bertz CT molecular complexity index is 612. The molecule has 1 N–H and O–H groups in total. The lowest BCUT2D eigenvalue weighted by Crippen LogP contribution is -2.39. The fourth-order valence-electron chi connectivity index (χ4n) is 2.89. The molecule has 1 aliphatic carbocycles. The molecule has 1 saturated carbocycles. The average molecular weight is 406 g/mol. The molecule has 0 aromatic carbocycles. The third kappa shape index (κ3) is 2.32. The zero-order chi connectivity index (χ0) is 13.6. The first-order valence-electron chi connectivity index (χ1n) is 6.79. The van der Waals surface area contributed by atoms with Crippen LogP contribution in [0, 0.1) is 3.70 Å². The molecule has 3 heterocycles. The second kappa shape index (κ2) is 5.08. The zero-order valence-electron chi connectivity index (χ0n) is 10.8. The molecule has 1 aliphatic heterocycles. The Morgan fingerprint density at radius 3 is 2.80 bits per heavy atom.